The normalized spacial score (nSPS) is 11.7. The highest BCUT2D eigenvalue weighted by Crippen LogP contribution is 2.24. The standard InChI is InChI=1S/C19H24N4O2.HI/c1-12(2)16-9-14(25-23-16)10-21-19(20-4)22-11-18-13(3)15-7-5-6-8-17(15)24-18;/h5-9,12H,10-11H2,1-4H3,(H2,20,21,22);1H. The molecule has 140 valence electrons. The summed E-state index contributed by atoms with van der Waals surface area (Å²) < 4.78 is 11.2. The summed E-state index contributed by atoms with van der Waals surface area (Å²) in [5.74, 6) is 2.73. The molecule has 0 aliphatic carbocycles. The second-order valence-electron chi connectivity index (χ2n) is 6.30. The van der Waals surface area contributed by atoms with Crippen molar-refractivity contribution < 1.29 is 8.94 Å². The molecule has 2 N–H and O–H groups in total. The van der Waals surface area contributed by atoms with E-state index in [1.807, 2.05) is 24.3 Å². The average Bonchev–Trinajstić information content (AvgIpc) is 3.21. The lowest BCUT2D eigenvalue weighted by Gasteiger charge is -2.09. The number of hydrogen-bond donors (Lipinski definition) is 2. The van der Waals surface area contributed by atoms with Crippen LogP contribution in [0, 0.1) is 6.92 Å². The number of para-hydroxylation sites is 1. The van der Waals surface area contributed by atoms with Gasteiger partial charge in [0.1, 0.15) is 11.3 Å². The molecule has 7 heteroatoms. The van der Waals surface area contributed by atoms with Gasteiger partial charge in [0.2, 0.25) is 0 Å². The highest BCUT2D eigenvalue weighted by Gasteiger charge is 2.11. The van der Waals surface area contributed by atoms with E-state index in [1.54, 1.807) is 7.05 Å². The zero-order chi connectivity index (χ0) is 17.8. The maximum Gasteiger partial charge on any atom is 0.191 e. The van der Waals surface area contributed by atoms with Crippen LogP contribution in [0.5, 0.6) is 0 Å². The van der Waals surface area contributed by atoms with E-state index in [9.17, 15) is 0 Å². The minimum atomic E-state index is 0. The Hall–Kier alpha value is -2.03. The third-order valence-corrected chi connectivity index (χ3v) is 4.18. The van der Waals surface area contributed by atoms with Gasteiger partial charge in [0.15, 0.2) is 11.7 Å². The van der Waals surface area contributed by atoms with Gasteiger partial charge in [0.05, 0.1) is 18.8 Å². The van der Waals surface area contributed by atoms with Crippen LogP contribution in [-0.2, 0) is 13.1 Å². The molecule has 1 aromatic carbocycles. The van der Waals surface area contributed by atoms with E-state index in [2.05, 4.69) is 47.6 Å². The summed E-state index contributed by atoms with van der Waals surface area (Å²) in [6.45, 7) is 7.34. The molecule has 3 aromatic rings. The van der Waals surface area contributed by atoms with Gasteiger partial charge in [-0.2, -0.15) is 0 Å². The number of hydrogen-bond acceptors (Lipinski definition) is 4. The summed E-state index contributed by atoms with van der Waals surface area (Å²) in [7, 11) is 1.74. The van der Waals surface area contributed by atoms with E-state index < -0.39 is 0 Å². The van der Waals surface area contributed by atoms with Gasteiger partial charge in [0, 0.05) is 24.1 Å². The number of aliphatic imine (C=N–C) groups is 1. The fourth-order valence-corrected chi connectivity index (χ4v) is 2.63. The predicted octanol–water partition coefficient (Wildman–Crippen LogP) is 4.34. The monoisotopic (exact) mass is 468 g/mol. The number of aromatic nitrogens is 1. The lowest BCUT2D eigenvalue weighted by Crippen LogP contribution is -2.36. The molecule has 26 heavy (non-hydrogen) atoms. The minimum Gasteiger partial charge on any atom is -0.459 e. The lowest BCUT2D eigenvalue weighted by molar-refractivity contribution is 0.372. The number of halogens is 1. The number of furan rings is 1. The van der Waals surface area contributed by atoms with Crippen molar-refractivity contribution in [2.75, 3.05) is 7.05 Å². The number of fused-ring (bicyclic) bond motifs is 1. The Morgan fingerprint density at radius 1 is 1.19 bits per heavy atom. The molecule has 0 atom stereocenters. The number of benzene rings is 1. The first-order chi connectivity index (χ1) is 12.1. The zero-order valence-corrected chi connectivity index (χ0v) is 17.8. The van der Waals surface area contributed by atoms with Crippen LogP contribution in [0.1, 0.15) is 42.5 Å². The summed E-state index contributed by atoms with van der Waals surface area (Å²) in [4.78, 5) is 4.23. The van der Waals surface area contributed by atoms with E-state index in [4.69, 9.17) is 8.94 Å². The van der Waals surface area contributed by atoms with E-state index in [1.165, 1.54) is 0 Å². The topological polar surface area (TPSA) is 75.6 Å². The molecule has 0 saturated carbocycles. The summed E-state index contributed by atoms with van der Waals surface area (Å²) in [5, 5.41) is 11.7. The molecule has 0 bridgehead atoms. The third-order valence-electron chi connectivity index (χ3n) is 4.18. The first-order valence-electron chi connectivity index (χ1n) is 8.45. The average molecular weight is 468 g/mol. The molecular weight excluding hydrogens is 443 g/mol. The number of guanidine groups is 1. The highest BCUT2D eigenvalue weighted by atomic mass is 127. The fourth-order valence-electron chi connectivity index (χ4n) is 2.63. The molecule has 0 radical (unpaired) electrons. The van der Waals surface area contributed by atoms with Crippen LogP contribution in [0.4, 0.5) is 0 Å². The third kappa shape index (κ3) is 4.57. The first-order valence-corrected chi connectivity index (χ1v) is 8.45. The summed E-state index contributed by atoms with van der Waals surface area (Å²) >= 11 is 0. The molecule has 3 rings (SSSR count). The quantitative estimate of drug-likeness (QED) is 0.331. The van der Waals surface area contributed by atoms with Gasteiger partial charge in [-0.15, -0.1) is 24.0 Å². The Bertz CT molecular complexity index is 883. The van der Waals surface area contributed by atoms with Crippen molar-refractivity contribution in [2.45, 2.75) is 39.8 Å². The second kappa shape index (κ2) is 9.07. The number of rotatable bonds is 5. The molecule has 0 aliphatic heterocycles. The second-order valence-corrected chi connectivity index (χ2v) is 6.30. The Balaban J connectivity index is 0.00000243. The lowest BCUT2D eigenvalue weighted by atomic mass is 10.1. The van der Waals surface area contributed by atoms with Gasteiger partial charge < -0.3 is 19.6 Å². The number of nitrogens with one attached hydrogen (secondary N) is 2. The van der Waals surface area contributed by atoms with Crippen molar-refractivity contribution in [2.24, 2.45) is 4.99 Å². The largest absolute Gasteiger partial charge is 0.459 e. The molecule has 2 aromatic heterocycles. The van der Waals surface area contributed by atoms with Crippen LogP contribution in [0.3, 0.4) is 0 Å². The Morgan fingerprint density at radius 3 is 2.58 bits per heavy atom. The molecule has 0 amide bonds. The van der Waals surface area contributed by atoms with E-state index in [-0.39, 0.29) is 24.0 Å². The molecular formula is C19H25IN4O2. The van der Waals surface area contributed by atoms with Crippen molar-refractivity contribution in [1.82, 2.24) is 15.8 Å². The summed E-state index contributed by atoms with van der Waals surface area (Å²) in [6, 6.07) is 10.0. The van der Waals surface area contributed by atoms with Gasteiger partial charge in [-0.05, 0) is 18.9 Å². The van der Waals surface area contributed by atoms with Crippen LogP contribution in [-0.4, -0.2) is 18.2 Å². The van der Waals surface area contributed by atoms with Crippen molar-refractivity contribution in [1.29, 1.82) is 0 Å². The number of aryl methyl sites for hydroxylation is 1. The van der Waals surface area contributed by atoms with Gasteiger partial charge >= 0.3 is 0 Å². The molecule has 6 nitrogen and oxygen atoms in total. The van der Waals surface area contributed by atoms with Crippen molar-refractivity contribution in [3.8, 4) is 0 Å². The van der Waals surface area contributed by atoms with E-state index in [0.717, 1.165) is 33.7 Å². The summed E-state index contributed by atoms with van der Waals surface area (Å²) in [5.41, 5.74) is 3.01. The maximum atomic E-state index is 5.91. The first kappa shape index (κ1) is 20.3. The molecule has 0 aliphatic rings. The maximum absolute atomic E-state index is 5.91. The van der Waals surface area contributed by atoms with Gasteiger partial charge in [-0.25, -0.2) is 0 Å². The Labute approximate surface area is 170 Å². The molecule has 0 unspecified atom stereocenters. The summed E-state index contributed by atoms with van der Waals surface area (Å²) in [6.07, 6.45) is 0. The molecule has 0 saturated heterocycles. The van der Waals surface area contributed by atoms with Gasteiger partial charge in [-0.3, -0.25) is 4.99 Å². The minimum absolute atomic E-state index is 0. The number of nitrogens with zero attached hydrogens (tertiary/aromatic N) is 2. The molecule has 2 heterocycles. The predicted molar refractivity (Wildman–Crippen MR) is 114 cm³/mol. The van der Waals surface area contributed by atoms with Crippen LogP contribution in [0.25, 0.3) is 11.0 Å². The van der Waals surface area contributed by atoms with Crippen LogP contribution in [0.2, 0.25) is 0 Å². The highest BCUT2D eigenvalue weighted by molar-refractivity contribution is 14.0. The van der Waals surface area contributed by atoms with Crippen LogP contribution >= 0.6 is 24.0 Å². The van der Waals surface area contributed by atoms with Crippen LogP contribution < -0.4 is 10.6 Å². The molecule has 0 fully saturated rings. The van der Waals surface area contributed by atoms with Crippen molar-refractivity contribution >= 4 is 40.9 Å². The fraction of sp³-hybridized carbons (Fsp3) is 0.368. The smallest absolute Gasteiger partial charge is 0.191 e. The van der Waals surface area contributed by atoms with E-state index >= 15 is 0 Å². The SMILES string of the molecule is CN=C(NCc1cc(C(C)C)no1)NCc1oc2ccccc2c1C.I. The van der Waals surface area contributed by atoms with Gasteiger partial charge in [0.25, 0.3) is 0 Å². The Kier molecular flexibility index (Phi) is 7.07. The zero-order valence-electron chi connectivity index (χ0n) is 15.5. The van der Waals surface area contributed by atoms with Crippen LogP contribution in [0.15, 0.2) is 44.3 Å². The molecule has 0 spiro atoms. The Morgan fingerprint density at radius 2 is 1.92 bits per heavy atom. The van der Waals surface area contributed by atoms with Crippen molar-refractivity contribution in [3.05, 3.63) is 53.1 Å². The van der Waals surface area contributed by atoms with E-state index in [0.29, 0.717) is 25.0 Å². The van der Waals surface area contributed by atoms with Gasteiger partial charge in [-0.1, -0.05) is 37.2 Å². The van der Waals surface area contributed by atoms with Crippen molar-refractivity contribution in [3.63, 3.8) is 0 Å².